The van der Waals surface area contributed by atoms with E-state index >= 15 is 0 Å². The van der Waals surface area contributed by atoms with E-state index in [0.29, 0.717) is 0 Å². The van der Waals surface area contributed by atoms with Crippen molar-refractivity contribution >= 4 is 11.1 Å². The van der Waals surface area contributed by atoms with Gasteiger partial charge in [0, 0.05) is 0 Å². The van der Waals surface area contributed by atoms with E-state index in [9.17, 15) is 13.0 Å². The second-order valence-corrected chi connectivity index (χ2v) is 2.61. The van der Waals surface area contributed by atoms with Crippen LogP contribution in [0.3, 0.4) is 0 Å². The largest absolute Gasteiger partial charge is 0.444 e. The second kappa shape index (κ2) is 3.10. The Morgan fingerprint density at radius 2 is 2.18 bits per heavy atom. The Kier molecular flexibility index (Phi) is 2.35. The quantitative estimate of drug-likeness (QED) is 0.709. The molecule has 0 fully saturated rings. The SMILES string of the molecule is O=S(O)c1ccc(C(F)F)o1. The van der Waals surface area contributed by atoms with Crippen LogP contribution in [-0.4, -0.2) is 8.76 Å². The average molecular weight is 182 g/mol. The lowest BCUT2D eigenvalue weighted by Crippen LogP contribution is -1.83. The molecule has 1 unspecified atom stereocenters. The molecule has 6 heteroatoms. The Morgan fingerprint density at radius 3 is 2.45 bits per heavy atom. The van der Waals surface area contributed by atoms with Crippen LogP contribution in [0, 0.1) is 0 Å². The summed E-state index contributed by atoms with van der Waals surface area (Å²) in [6.07, 6.45) is -2.74. The standard InChI is InChI=1S/C5H4F2O3S/c6-5(7)3-1-2-4(10-3)11(8)9/h1-2,5H,(H,8,9). The Balaban J connectivity index is 2.90. The number of hydrogen-bond acceptors (Lipinski definition) is 2. The van der Waals surface area contributed by atoms with Gasteiger partial charge in [-0.2, -0.15) is 0 Å². The van der Waals surface area contributed by atoms with Crippen molar-refractivity contribution in [2.45, 2.75) is 11.5 Å². The zero-order valence-corrected chi connectivity index (χ0v) is 5.98. The molecule has 1 N–H and O–H groups in total. The van der Waals surface area contributed by atoms with Gasteiger partial charge in [0.15, 0.2) is 5.76 Å². The van der Waals surface area contributed by atoms with Gasteiger partial charge in [0.2, 0.25) is 16.2 Å². The van der Waals surface area contributed by atoms with Crippen LogP contribution in [0.5, 0.6) is 0 Å². The Labute approximate surface area is 63.3 Å². The highest BCUT2D eigenvalue weighted by Gasteiger charge is 2.14. The number of halogens is 2. The smallest absolute Gasteiger partial charge is 0.295 e. The summed E-state index contributed by atoms with van der Waals surface area (Å²) in [5.74, 6) is -0.595. The summed E-state index contributed by atoms with van der Waals surface area (Å²) in [6.45, 7) is 0. The molecule has 1 rings (SSSR count). The van der Waals surface area contributed by atoms with Crippen LogP contribution < -0.4 is 0 Å². The zero-order chi connectivity index (χ0) is 8.43. The first kappa shape index (κ1) is 8.35. The molecule has 0 amide bonds. The number of furan rings is 1. The molecule has 11 heavy (non-hydrogen) atoms. The molecule has 0 bridgehead atoms. The number of hydrogen-bond donors (Lipinski definition) is 1. The van der Waals surface area contributed by atoms with Crippen molar-refractivity contribution in [3.63, 3.8) is 0 Å². The monoisotopic (exact) mass is 182 g/mol. The van der Waals surface area contributed by atoms with Crippen LogP contribution >= 0.6 is 0 Å². The van der Waals surface area contributed by atoms with E-state index in [0.717, 1.165) is 12.1 Å². The first-order valence-electron chi connectivity index (χ1n) is 2.60. The molecule has 0 aromatic carbocycles. The minimum Gasteiger partial charge on any atom is -0.444 e. The molecule has 0 radical (unpaired) electrons. The molecule has 0 saturated heterocycles. The van der Waals surface area contributed by atoms with Crippen molar-refractivity contribution in [3.8, 4) is 0 Å². The summed E-state index contributed by atoms with van der Waals surface area (Å²) >= 11 is -2.32. The summed E-state index contributed by atoms with van der Waals surface area (Å²) in [5, 5.41) is -0.361. The Morgan fingerprint density at radius 1 is 1.55 bits per heavy atom. The maximum Gasteiger partial charge on any atom is 0.295 e. The first-order valence-corrected chi connectivity index (χ1v) is 3.70. The maximum atomic E-state index is 11.8. The van der Waals surface area contributed by atoms with Crippen molar-refractivity contribution < 1.29 is 22.0 Å². The van der Waals surface area contributed by atoms with Crippen molar-refractivity contribution in [2.75, 3.05) is 0 Å². The van der Waals surface area contributed by atoms with Gasteiger partial charge in [0.05, 0.1) is 0 Å². The topological polar surface area (TPSA) is 50.4 Å². The minimum absolute atomic E-state index is 0.361. The minimum atomic E-state index is -2.74. The van der Waals surface area contributed by atoms with E-state index < -0.39 is 23.3 Å². The van der Waals surface area contributed by atoms with E-state index in [-0.39, 0.29) is 5.09 Å². The summed E-state index contributed by atoms with van der Waals surface area (Å²) in [7, 11) is 0. The lowest BCUT2D eigenvalue weighted by molar-refractivity contribution is 0.116. The number of rotatable bonds is 2. The molecule has 1 aromatic heterocycles. The van der Waals surface area contributed by atoms with Crippen LogP contribution in [0.4, 0.5) is 8.78 Å². The van der Waals surface area contributed by atoms with E-state index in [1.165, 1.54) is 0 Å². The van der Waals surface area contributed by atoms with Crippen molar-refractivity contribution in [1.29, 1.82) is 0 Å². The van der Waals surface area contributed by atoms with Crippen LogP contribution in [0.2, 0.25) is 0 Å². The van der Waals surface area contributed by atoms with E-state index in [2.05, 4.69) is 4.42 Å². The fourth-order valence-electron chi connectivity index (χ4n) is 0.546. The molecule has 3 nitrogen and oxygen atoms in total. The predicted octanol–water partition coefficient (Wildman–Crippen LogP) is 1.80. The van der Waals surface area contributed by atoms with Gasteiger partial charge in [-0.1, -0.05) is 0 Å². The fraction of sp³-hybridized carbons (Fsp3) is 0.200. The van der Waals surface area contributed by atoms with Crippen LogP contribution in [0.15, 0.2) is 21.6 Å². The zero-order valence-electron chi connectivity index (χ0n) is 5.16. The fourth-order valence-corrected chi connectivity index (χ4v) is 0.897. The first-order chi connectivity index (χ1) is 5.11. The highest BCUT2D eigenvalue weighted by Crippen LogP contribution is 2.21. The molecule has 0 aliphatic carbocycles. The van der Waals surface area contributed by atoms with Gasteiger partial charge in [-0.15, -0.1) is 0 Å². The van der Waals surface area contributed by atoms with Crippen molar-refractivity contribution in [1.82, 2.24) is 0 Å². The third-order valence-corrected chi connectivity index (χ3v) is 1.55. The molecule has 0 saturated carbocycles. The van der Waals surface area contributed by atoms with Crippen molar-refractivity contribution in [3.05, 3.63) is 17.9 Å². The normalized spacial score (nSPS) is 13.8. The van der Waals surface area contributed by atoms with Crippen LogP contribution in [0.1, 0.15) is 12.2 Å². The molecular weight excluding hydrogens is 178 g/mol. The third-order valence-electron chi connectivity index (χ3n) is 0.989. The van der Waals surface area contributed by atoms with Gasteiger partial charge >= 0.3 is 0 Å². The van der Waals surface area contributed by atoms with Gasteiger partial charge in [-0.3, -0.25) is 4.55 Å². The van der Waals surface area contributed by atoms with Crippen molar-refractivity contribution in [2.24, 2.45) is 0 Å². The molecule has 0 aliphatic rings. The molecule has 1 heterocycles. The van der Waals surface area contributed by atoms with E-state index in [1.54, 1.807) is 0 Å². The van der Waals surface area contributed by atoms with Gasteiger partial charge in [-0.25, -0.2) is 13.0 Å². The number of alkyl halides is 2. The highest BCUT2D eigenvalue weighted by atomic mass is 32.2. The molecule has 1 atom stereocenters. The van der Waals surface area contributed by atoms with Gasteiger partial charge in [0.1, 0.15) is 0 Å². The molecule has 1 aromatic rings. The maximum absolute atomic E-state index is 11.8. The third kappa shape index (κ3) is 1.84. The summed E-state index contributed by atoms with van der Waals surface area (Å²) in [4.78, 5) is 0. The molecule has 0 aliphatic heterocycles. The predicted molar refractivity (Wildman–Crippen MR) is 32.7 cm³/mol. The molecular formula is C5H4F2O3S. The van der Waals surface area contributed by atoms with Crippen LogP contribution in [0.25, 0.3) is 0 Å². The van der Waals surface area contributed by atoms with Crippen LogP contribution in [-0.2, 0) is 11.1 Å². The van der Waals surface area contributed by atoms with Gasteiger partial charge in [0.25, 0.3) is 6.43 Å². The lowest BCUT2D eigenvalue weighted by atomic mass is 10.5. The summed E-state index contributed by atoms with van der Waals surface area (Å²) < 4.78 is 46.4. The Bertz CT molecular complexity index is 270. The average Bonchev–Trinajstić information content (AvgIpc) is 2.33. The van der Waals surface area contributed by atoms with Gasteiger partial charge in [-0.05, 0) is 12.1 Å². The second-order valence-electron chi connectivity index (χ2n) is 1.71. The van der Waals surface area contributed by atoms with Gasteiger partial charge < -0.3 is 4.42 Å². The Hall–Kier alpha value is -0.750. The summed E-state index contributed by atoms with van der Waals surface area (Å²) in [5.41, 5.74) is 0. The molecule has 62 valence electrons. The molecule has 0 spiro atoms. The lowest BCUT2D eigenvalue weighted by Gasteiger charge is -1.90. The van der Waals surface area contributed by atoms with E-state index in [1.807, 2.05) is 0 Å². The highest BCUT2D eigenvalue weighted by molar-refractivity contribution is 7.79. The van der Waals surface area contributed by atoms with E-state index in [4.69, 9.17) is 4.55 Å². The summed E-state index contributed by atoms with van der Waals surface area (Å²) in [6, 6.07) is 2.01.